The molecule has 1 N–H and O–H groups in total. The highest BCUT2D eigenvalue weighted by Crippen LogP contribution is 2.28. The summed E-state index contributed by atoms with van der Waals surface area (Å²) in [6.07, 6.45) is 0. The number of nitrogens with zero attached hydrogens (tertiary/aromatic N) is 3. The van der Waals surface area contributed by atoms with Crippen molar-refractivity contribution in [1.82, 2.24) is 15.1 Å². The number of carbonyl (C=O) groups excluding carboxylic acids is 2. The number of esters is 1. The summed E-state index contributed by atoms with van der Waals surface area (Å²) in [5.74, 6) is -0.622. The second kappa shape index (κ2) is 5.85. The molecule has 0 unspecified atom stereocenters. The summed E-state index contributed by atoms with van der Waals surface area (Å²) in [5, 5.41) is 10.6. The molecule has 0 aliphatic carbocycles. The van der Waals surface area contributed by atoms with Gasteiger partial charge >= 0.3 is 5.97 Å². The molecule has 1 aromatic carbocycles. The van der Waals surface area contributed by atoms with E-state index in [4.69, 9.17) is 11.6 Å². The lowest BCUT2D eigenvalue weighted by atomic mass is 10.1. The number of carbonyl (C=O) groups is 2. The Morgan fingerprint density at radius 3 is 2.87 bits per heavy atom. The van der Waals surface area contributed by atoms with E-state index >= 15 is 0 Å². The summed E-state index contributed by atoms with van der Waals surface area (Å²) in [4.78, 5) is 25.3. The van der Waals surface area contributed by atoms with Gasteiger partial charge in [-0.3, -0.25) is 4.79 Å². The van der Waals surface area contributed by atoms with Gasteiger partial charge < -0.3 is 15.0 Å². The highest BCUT2D eigenvalue weighted by molar-refractivity contribution is 6.29. The summed E-state index contributed by atoms with van der Waals surface area (Å²) in [6, 6.07) is 6.85. The normalized spacial score (nSPS) is 13.0. The van der Waals surface area contributed by atoms with Gasteiger partial charge in [0.1, 0.15) is 0 Å². The molecule has 118 valence electrons. The van der Waals surface area contributed by atoms with E-state index in [1.54, 1.807) is 24.1 Å². The van der Waals surface area contributed by atoms with Crippen molar-refractivity contribution in [2.24, 2.45) is 0 Å². The first-order valence-corrected chi connectivity index (χ1v) is 7.14. The molecule has 0 bridgehead atoms. The van der Waals surface area contributed by atoms with Crippen LogP contribution in [-0.4, -0.2) is 41.1 Å². The van der Waals surface area contributed by atoms with Crippen LogP contribution in [0.2, 0.25) is 5.15 Å². The fourth-order valence-electron chi connectivity index (χ4n) is 2.41. The van der Waals surface area contributed by atoms with Gasteiger partial charge in [0.05, 0.1) is 12.8 Å². The lowest BCUT2D eigenvalue weighted by Gasteiger charge is -2.10. The smallest absolute Gasteiger partial charge is 0.360 e. The van der Waals surface area contributed by atoms with Crippen molar-refractivity contribution in [3.8, 4) is 0 Å². The van der Waals surface area contributed by atoms with E-state index in [2.05, 4.69) is 20.3 Å². The number of amides is 1. The molecular weight excluding hydrogens is 320 g/mol. The van der Waals surface area contributed by atoms with Crippen molar-refractivity contribution >= 4 is 34.9 Å². The highest BCUT2D eigenvalue weighted by atomic mass is 35.5. The third kappa shape index (κ3) is 2.83. The maximum atomic E-state index is 11.9. The van der Waals surface area contributed by atoms with Crippen molar-refractivity contribution in [3.63, 3.8) is 0 Å². The Hall–Kier alpha value is -2.67. The maximum absolute atomic E-state index is 11.9. The van der Waals surface area contributed by atoms with E-state index in [1.165, 1.54) is 13.2 Å². The third-order valence-corrected chi connectivity index (χ3v) is 3.70. The number of rotatable bonds is 3. The number of anilines is 2. The van der Waals surface area contributed by atoms with Crippen LogP contribution in [0, 0.1) is 0 Å². The monoisotopic (exact) mass is 332 g/mol. The van der Waals surface area contributed by atoms with Crippen LogP contribution in [0.3, 0.4) is 0 Å². The second-order valence-electron chi connectivity index (χ2n) is 5.08. The molecule has 2 aromatic rings. The van der Waals surface area contributed by atoms with E-state index in [0.29, 0.717) is 23.5 Å². The average molecular weight is 333 g/mol. The minimum atomic E-state index is -0.618. The third-order valence-electron chi connectivity index (χ3n) is 3.51. The second-order valence-corrected chi connectivity index (χ2v) is 5.47. The van der Waals surface area contributed by atoms with Crippen molar-refractivity contribution < 1.29 is 14.3 Å². The van der Waals surface area contributed by atoms with Crippen molar-refractivity contribution in [3.05, 3.63) is 46.2 Å². The topological polar surface area (TPSA) is 84.4 Å². The number of fused-ring (bicyclic) bond motifs is 1. The predicted molar refractivity (Wildman–Crippen MR) is 83.9 cm³/mol. The molecule has 23 heavy (non-hydrogen) atoms. The Bertz CT molecular complexity index is 809. The molecule has 1 amide bonds. The van der Waals surface area contributed by atoms with Crippen LogP contribution in [0.15, 0.2) is 24.3 Å². The molecule has 1 aliphatic heterocycles. The van der Waals surface area contributed by atoms with E-state index in [9.17, 15) is 9.59 Å². The molecule has 0 radical (unpaired) electrons. The Labute approximate surface area is 137 Å². The fraction of sp³-hybridized carbons (Fsp3) is 0.200. The molecule has 1 aliphatic rings. The van der Waals surface area contributed by atoms with Gasteiger partial charge in [0, 0.05) is 30.9 Å². The SMILES string of the molecule is COC(=O)c1nnc(Cl)cc1Nc1ccc2c(c1)CN(C)C2=O. The van der Waals surface area contributed by atoms with Gasteiger partial charge in [0.25, 0.3) is 5.91 Å². The molecule has 2 heterocycles. The lowest BCUT2D eigenvalue weighted by molar-refractivity contribution is 0.0593. The van der Waals surface area contributed by atoms with Crippen LogP contribution < -0.4 is 5.32 Å². The lowest BCUT2D eigenvalue weighted by Crippen LogP contribution is -2.17. The molecule has 0 fully saturated rings. The molecule has 0 saturated heterocycles. The first-order chi connectivity index (χ1) is 11.0. The number of methoxy groups -OCH3 is 1. The van der Waals surface area contributed by atoms with E-state index in [1.807, 2.05) is 6.07 Å². The summed E-state index contributed by atoms with van der Waals surface area (Å²) in [5.41, 5.74) is 2.72. The Kier molecular flexibility index (Phi) is 3.87. The number of ether oxygens (including phenoxy) is 1. The van der Waals surface area contributed by atoms with Crippen molar-refractivity contribution in [2.45, 2.75) is 6.54 Å². The molecule has 1 aromatic heterocycles. The van der Waals surface area contributed by atoms with Crippen LogP contribution in [0.4, 0.5) is 11.4 Å². The van der Waals surface area contributed by atoms with Gasteiger partial charge in [0.2, 0.25) is 0 Å². The van der Waals surface area contributed by atoms with Crippen LogP contribution in [0.5, 0.6) is 0 Å². The van der Waals surface area contributed by atoms with Crippen LogP contribution in [-0.2, 0) is 11.3 Å². The standard InChI is InChI=1S/C15H13ClN4O3/c1-20-7-8-5-9(3-4-10(8)14(20)21)17-11-6-12(16)18-19-13(11)15(22)23-2/h3-6H,7H2,1-2H3,(H,17,18). The zero-order chi connectivity index (χ0) is 16.6. The largest absolute Gasteiger partial charge is 0.464 e. The van der Waals surface area contributed by atoms with Crippen LogP contribution in [0.1, 0.15) is 26.4 Å². The van der Waals surface area contributed by atoms with Gasteiger partial charge in [-0.25, -0.2) is 4.79 Å². The van der Waals surface area contributed by atoms with Crippen LogP contribution in [0.25, 0.3) is 0 Å². The zero-order valence-electron chi connectivity index (χ0n) is 12.5. The summed E-state index contributed by atoms with van der Waals surface area (Å²) in [6.45, 7) is 0.545. The van der Waals surface area contributed by atoms with Gasteiger partial charge in [-0.2, -0.15) is 0 Å². The first-order valence-electron chi connectivity index (χ1n) is 6.76. The van der Waals surface area contributed by atoms with Gasteiger partial charge in [-0.15, -0.1) is 10.2 Å². The maximum Gasteiger partial charge on any atom is 0.360 e. The minimum absolute atomic E-state index is 0.00424. The number of hydrogen-bond acceptors (Lipinski definition) is 6. The van der Waals surface area contributed by atoms with E-state index in [0.717, 1.165) is 5.56 Å². The minimum Gasteiger partial charge on any atom is -0.464 e. The Morgan fingerprint density at radius 1 is 1.35 bits per heavy atom. The Morgan fingerprint density at radius 2 is 2.13 bits per heavy atom. The summed E-state index contributed by atoms with van der Waals surface area (Å²) < 4.78 is 4.68. The molecule has 8 heteroatoms. The van der Waals surface area contributed by atoms with Gasteiger partial charge in [0.15, 0.2) is 10.8 Å². The summed E-state index contributed by atoms with van der Waals surface area (Å²) in [7, 11) is 3.01. The van der Waals surface area contributed by atoms with E-state index in [-0.39, 0.29) is 16.8 Å². The van der Waals surface area contributed by atoms with Gasteiger partial charge in [-0.1, -0.05) is 11.6 Å². The molecule has 7 nitrogen and oxygen atoms in total. The number of hydrogen-bond donors (Lipinski definition) is 1. The number of benzene rings is 1. The van der Waals surface area contributed by atoms with Crippen LogP contribution >= 0.6 is 11.6 Å². The number of halogens is 1. The molecule has 0 spiro atoms. The quantitative estimate of drug-likeness (QED) is 0.868. The molecule has 0 saturated carbocycles. The van der Waals surface area contributed by atoms with Crippen molar-refractivity contribution in [1.29, 1.82) is 0 Å². The molecule has 3 rings (SSSR count). The molecule has 0 atom stereocenters. The summed E-state index contributed by atoms with van der Waals surface area (Å²) >= 11 is 5.85. The fourth-order valence-corrected chi connectivity index (χ4v) is 2.56. The van der Waals surface area contributed by atoms with E-state index < -0.39 is 5.97 Å². The first kappa shape index (κ1) is 15.2. The van der Waals surface area contributed by atoms with Crippen molar-refractivity contribution in [2.75, 3.05) is 19.5 Å². The predicted octanol–water partition coefficient (Wildman–Crippen LogP) is 2.25. The average Bonchev–Trinajstić information content (AvgIpc) is 2.81. The molecular formula is C15H13ClN4O3. The zero-order valence-corrected chi connectivity index (χ0v) is 13.2. The Balaban J connectivity index is 1.94. The number of aromatic nitrogens is 2. The number of nitrogens with one attached hydrogen (secondary N) is 1. The van der Waals surface area contributed by atoms with Gasteiger partial charge in [-0.05, 0) is 23.8 Å². The highest BCUT2D eigenvalue weighted by Gasteiger charge is 2.24.